The predicted octanol–water partition coefficient (Wildman–Crippen LogP) is 2.33. The highest BCUT2D eigenvalue weighted by Crippen LogP contribution is 2.10. The molecule has 0 spiro atoms. The SMILES string of the molecule is CCOC(=O)c1ccc(NCc2nccs2)nc1. The molecule has 2 heterocycles. The van der Waals surface area contributed by atoms with Crippen LogP contribution < -0.4 is 5.32 Å². The predicted molar refractivity (Wildman–Crippen MR) is 69.6 cm³/mol. The largest absolute Gasteiger partial charge is 0.462 e. The van der Waals surface area contributed by atoms with E-state index < -0.39 is 0 Å². The van der Waals surface area contributed by atoms with Crippen molar-refractivity contribution >= 4 is 23.1 Å². The van der Waals surface area contributed by atoms with Crippen LogP contribution in [0.2, 0.25) is 0 Å². The maximum atomic E-state index is 11.4. The summed E-state index contributed by atoms with van der Waals surface area (Å²) in [7, 11) is 0. The molecule has 6 heteroatoms. The molecule has 0 radical (unpaired) electrons. The number of ether oxygens (including phenoxy) is 1. The highest BCUT2D eigenvalue weighted by atomic mass is 32.1. The lowest BCUT2D eigenvalue weighted by atomic mass is 10.3. The van der Waals surface area contributed by atoms with Gasteiger partial charge in [-0.1, -0.05) is 0 Å². The zero-order valence-corrected chi connectivity index (χ0v) is 10.7. The molecule has 2 rings (SSSR count). The monoisotopic (exact) mass is 263 g/mol. The molecule has 0 fully saturated rings. The Balaban J connectivity index is 1.93. The Morgan fingerprint density at radius 1 is 1.44 bits per heavy atom. The molecule has 2 aromatic heterocycles. The molecule has 94 valence electrons. The van der Waals surface area contributed by atoms with Crippen LogP contribution in [0.5, 0.6) is 0 Å². The molecule has 0 aliphatic heterocycles. The van der Waals surface area contributed by atoms with E-state index in [1.807, 2.05) is 5.38 Å². The summed E-state index contributed by atoms with van der Waals surface area (Å²) in [5, 5.41) is 6.05. The average Bonchev–Trinajstić information content (AvgIpc) is 2.90. The normalized spacial score (nSPS) is 10.1. The van der Waals surface area contributed by atoms with E-state index in [4.69, 9.17) is 4.74 Å². The Hall–Kier alpha value is -1.95. The molecule has 2 aromatic rings. The van der Waals surface area contributed by atoms with Gasteiger partial charge in [-0.2, -0.15) is 0 Å². The number of esters is 1. The highest BCUT2D eigenvalue weighted by Gasteiger charge is 2.06. The number of pyridine rings is 1. The van der Waals surface area contributed by atoms with Gasteiger partial charge in [0.2, 0.25) is 0 Å². The first-order chi connectivity index (χ1) is 8.79. The second-order valence-electron chi connectivity index (χ2n) is 3.43. The lowest BCUT2D eigenvalue weighted by Gasteiger charge is -2.04. The van der Waals surface area contributed by atoms with Crippen molar-refractivity contribution in [2.24, 2.45) is 0 Å². The summed E-state index contributed by atoms with van der Waals surface area (Å²) in [6, 6.07) is 3.44. The molecule has 0 saturated carbocycles. The van der Waals surface area contributed by atoms with Crippen molar-refractivity contribution < 1.29 is 9.53 Å². The van der Waals surface area contributed by atoms with Crippen molar-refractivity contribution in [1.82, 2.24) is 9.97 Å². The lowest BCUT2D eigenvalue weighted by molar-refractivity contribution is 0.0526. The molecule has 5 nitrogen and oxygen atoms in total. The van der Waals surface area contributed by atoms with Crippen molar-refractivity contribution in [3.8, 4) is 0 Å². The Morgan fingerprint density at radius 2 is 2.33 bits per heavy atom. The molecule has 1 N–H and O–H groups in total. The van der Waals surface area contributed by atoms with Crippen LogP contribution >= 0.6 is 11.3 Å². The number of aromatic nitrogens is 2. The number of anilines is 1. The van der Waals surface area contributed by atoms with Crippen molar-refractivity contribution in [2.75, 3.05) is 11.9 Å². The third-order valence-electron chi connectivity index (χ3n) is 2.18. The van der Waals surface area contributed by atoms with Crippen molar-refractivity contribution in [3.05, 3.63) is 40.5 Å². The van der Waals surface area contributed by atoms with Gasteiger partial charge in [0.05, 0.1) is 18.7 Å². The number of nitrogens with zero attached hydrogens (tertiary/aromatic N) is 2. The maximum absolute atomic E-state index is 11.4. The van der Waals surface area contributed by atoms with Crippen LogP contribution in [0.15, 0.2) is 29.9 Å². The summed E-state index contributed by atoms with van der Waals surface area (Å²) < 4.78 is 4.88. The van der Waals surface area contributed by atoms with Crippen LogP contribution in [0.1, 0.15) is 22.3 Å². The number of carbonyl (C=O) groups excluding carboxylic acids is 1. The Morgan fingerprint density at radius 3 is 2.94 bits per heavy atom. The van der Waals surface area contributed by atoms with Gasteiger partial charge >= 0.3 is 5.97 Å². The molecule has 0 bridgehead atoms. The average molecular weight is 263 g/mol. The number of carbonyl (C=O) groups is 1. The molecular formula is C12H13N3O2S. The van der Waals surface area contributed by atoms with E-state index in [0.29, 0.717) is 24.5 Å². The van der Waals surface area contributed by atoms with Crippen LogP contribution in [0.3, 0.4) is 0 Å². The van der Waals surface area contributed by atoms with E-state index in [2.05, 4.69) is 15.3 Å². The van der Waals surface area contributed by atoms with E-state index in [-0.39, 0.29) is 5.97 Å². The van der Waals surface area contributed by atoms with Crippen LogP contribution in [0, 0.1) is 0 Å². The molecule has 0 aliphatic carbocycles. The van der Waals surface area contributed by atoms with E-state index in [1.165, 1.54) is 6.20 Å². The van der Waals surface area contributed by atoms with Gasteiger partial charge in [0.25, 0.3) is 0 Å². The van der Waals surface area contributed by atoms with E-state index in [0.717, 1.165) is 5.01 Å². The fourth-order valence-corrected chi connectivity index (χ4v) is 1.90. The molecule has 0 amide bonds. The lowest BCUT2D eigenvalue weighted by Crippen LogP contribution is -2.06. The topological polar surface area (TPSA) is 64.1 Å². The summed E-state index contributed by atoms with van der Waals surface area (Å²) in [4.78, 5) is 19.7. The van der Waals surface area contributed by atoms with Crippen LogP contribution in [-0.4, -0.2) is 22.5 Å². The second kappa shape index (κ2) is 6.11. The first kappa shape index (κ1) is 12.5. The van der Waals surface area contributed by atoms with Gasteiger partial charge in [0.1, 0.15) is 10.8 Å². The standard InChI is InChI=1S/C12H13N3O2S/c1-2-17-12(16)9-3-4-10(14-7-9)15-8-11-13-5-6-18-11/h3-7H,2,8H2,1H3,(H,14,15). The van der Waals surface area contributed by atoms with Crippen molar-refractivity contribution in [3.63, 3.8) is 0 Å². The Labute approximate surface area is 109 Å². The van der Waals surface area contributed by atoms with Gasteiger partial charge in [-0.3, -0.25) is 0 Å². The number of hydrogen-bond acceptors (Lipinski definition) is 6. The first-order valence-corrected chi connectivity index (χ1v) is 6.43. The molecule has 0 unspecified atom stereocenters. The molecule has 0 aliphatic rings. The molecule has 0 atom stereocenters. The summed E-state index contributed by atoms with van der Waals surface area (Å²) >= 11 is 1.58. The van der Waals surface area contributed by atoms with Gasteiger partial charge in [-0.25, -0.2) is 14.8 Å². The van der Waals surface area contributed by atoms with Crippen molar-refractivity contribution in [1.29, 1.82) is 0 Å². The van der Waals surface area contributed by atoms with E-state index >= 15 is 0 Å². The number of nitrogens with one attached hydrogen (secondary N) is 1. The second-order valence-corrected chi connectivity index (χ2v) is 4.41. The van der Waals surface area contributed by atoms with Gasteiger partial charge in [0, 0.05) is 17.8 Å². The Kier molecular flexibility index (Phi) is 4.25. The van der Waals surface area contributed by atoms with Gasteiger partial charge < -0.3 is 10.1 Å². The third kappa shape index (κ3) is 3.27. The molecule has 0 saturated heterocycles. The van der Waals surface area contributed by atoms with Crippen molar-refractivity contribution in [2.45, 2.75) is 13.5 Å². The fourth-order valence-electron chi connectivity index (χ4n) is 1.34. The molecular weight excluding hydrogens is 250 g/mol. The summed E-state index contributed by atoms with van der Waals surface area (Å²) in [5.41, 5.74) is 0.455. The highest BCUT2D eigenvalue weighted by molar-refractivity contribution is 7.09. The number of rotatable bonds is 5. The molecule has 18 heavy (non-hydrogen) atoms. The zero-order valence-electron chi connectivity index (χ0n) is 9.92. The van der Waals surface area contributed by atoms with Gasteiger partial charge in [-0.05, 0) is 19.1 Å². The zero-order chi connectivity index (χ0) is 12.8. The Bertz CT molecular complexity index is 497. The van der Waals surface area contributed by atoms with Gasteiger partial charge in [0.15, 0.2) is 0 Å². The number of thiazole rings is 1. The quantitative estimate of drug-likeness (QED) is 0.839. The smallest absolute Gasteiger partial charge is 0.339 e. The van der Waals surface area contributed by atoms with E-state index in [9.17, 15) is 4.79 Å². The molecule has 0 aromatic carbocycles. The minimum absolute atomic E-state index is 0.350. The fraction of sp³-hybridized carbons (Fsp3) is 0.250. The van der Waals surface area contributed by atoms with Crippen LogP contribution in [0.4, 0.5) is 5.82 Å². The summed E-state index contributed by atoms with van der Waals surface area (Å²) in [5.74, 6) is 0.356. The van der Waals surface area contributed by atoms with E-state index in [1.54, 1.807) is 36.6 Å². The minimum atomic E-state index is -0.350. The third-order valence-corrected chi connectivity index (χ3v) is 2.96. The first-order valence-electron chi connectivity index (χ1n) is 5.55. The van der Waals surface area contributed by atoms with Crippen LogP contribution in [0.25, 0.3) is 0 Å². The number of hydrogen-bond donors (Lipinski definition) is 1. The van der Waals surface area contributed by atoms with Gasteiger partial charge in [-0.15, -0.1) is 11.3 Å². The van der Waals surface area contributed by atoms with Crippen LogP contribution in [-0.2, 0) is 11.3 Å². The minimum Gasteiger partial charge on any atom is -0.462 e. The maximum Gasteiger partial charge on any atom is 0.339 e. The summed E-state index contributed by atoms with van der Waals surface area (Å²) in [6.07, 6.45) is 3.27. The summed E-state index contributed by atoms with van der Waals surface area (Å²) in [6.45, 7) is 2.77.